The number of hydrogen-bond donors (Lipinski definition) is 2. The number of carbonyl (C=O) groups is 1. The normalized spacial score (nSPS) is 27.1. The van der Waals surface area contributed by atoms with E-state index in [1.165, 1.54) is 38.5 Å². The van der Waals surface area contributed by atoms with Crippen LogP contribution in [0.5, 0.6) is 0 Å². The fourth-order valence-electron chi connectivity index (χ4n) is 3.85. The summed E-state index contributed by atoms with van der Waals surface area (Å²) in [4.78, 5) is 14.2. The molecule has 0 radical (unpaired) electrons. The largest absolute Gasteiger partial charge is 0.467 e. The smallest absolute Gasteiger partial charge is 0.268 e. The number of carbonyl (C=O) groups excluding carboxylic acids is 1. The maximum atomic E-state index is 11.7. The zero-order valence-electron chi connectivity index (χ0n) is 11.8. The van der Waals surface area contributed by atoms with Gasteiger partial charge in [0.15, 0.2) is 0 Å². The van der Waals surface area contributed by atoms with Crippen molar-refractivity contribution in [3.8, 4) is 0 Å². The van der Waals surface area contributed by atoms with E-state index >= 15 is 0 Å². The Bertz CT molecular complexity index is 469. The molecule has 1 aromatic heterocycles. The average Bonchev–Trinajstić information content (AvgIpc) is 2.95. The predicted molar refractivity (Wildman–Crippen MR) is 75.8 cm³/mol. The minimum Gasteiger partial charge on any atom is -0.467 e. The van der Waals surface area contributed by atoms with Gasteiger partial charge in [0.2, 0.25) is 0 Å². The number of nitrogen functional groups attached to an aromatic ring is 1. The summed E-state index contributed by atoms with van der Waals surface area (Å²) >= 11 is 0. The molecule has 1 saturated carbocycles. The van der Waals surface area contributed by atoms with Crippen LogP contribution in [0.2, 0.25) is 0 Å². The number of amides is 1. The molecule has 5 nitrogen and oxygen atoms in total. The number of piperidine rings is 1. The molecule has 5 heteroatoms. The van der Waals surface area contributed by atoms with Crippen LogP contribution in [0.4, 0.5) is 0 Å². The Morgan fingerprint density at radius 3 is 3.00 bits per heavy atom. The first-order valence-electron chi connectivity index (χ1n) is 7.61. The maximum absolute atomic E-state index is 11.7. The first-order chi connectivity index (χ1) is 9.79. The molecule has 1 amide bonds. The van der Waals surface area contributed by atoms with E-state index in [0.29, 0.717) is 11.6 Å². The third-order valence-corrected chi connectivity index (χ3v) is 4.83. The molecule has 2 atom stereocenters. The second-order valence-corrected chi connectivity index (χ2v) is 5.96. The highest BCUT2D eigenvalue weighted by Crippen LogP contribution is 2.36. The Morgan fingerprint density at radius 1 is 1.35 bits per heavy atom. The second kappa shape index (κ2) is 5.97. The number of nitrogens with zero attached hydrogens (tertiary/aromatic N) is 1. The van der Waals surface area contributed by atoms with Gasteiger partial charge < -0.3 is 4.42 Å². The molecule has 1 aliphatic carbocycles. The summed E-state index contributed by atoms with van der Waals surface area (Å²) in [6.45, 7) is 1.82. The zero-order chi connectivity index (χ0) is 13.9. The fourth-order valence-corrected chi connectivity index (χ4v) is 3.85. The summed E-state index contributed by atoms with van der Waals surface area (Å²) in [6.07, 6.45) is 9.51. The molecular weight excluding hydrogens is 254 g/mol. The summed E-state index contributed by atoms with van der Waals surface area (Å²) in [5.41, 5.74) is 2.74. The molecule has 0 bridgehead atoms. The first-order valence-corrected chi connectivity index (χ1v) is 7.61. The topological polar surface area (TPSA) is 71.5 Å². The summed E-state index contributed by atoms with van der Waals surface area (Å²) < 4.78 is 5.51. The Morgan fingerprint density at radius 2 is 2.15 bits per heavy atom. The van der Waals surface area contributed by atoms with Crippen molar-refractivity contribution in [2.24, 2.45) is 11.8 Å². The number of fused-ring (bicyclic) bond motifs is 1. The van der Waals surface area contributed by atoms with E-state index in [1.54, 1.807) is 12.3 Å². The molecular formula is C15H23N3O2. The predicted octanol–water partition coefficient (Wildman–Crippen LogP) is 2.04. The summed E-state index contributed by atoms with van der Waals surface area (Å²) in [6, 6.07) is 2.36. The molecule has 2 fully saturated rings. The van der Waals surface area contributed by atoms with Crippen LogP contribution >= 0.6 is 0 Å². The lowest BCUT2D eigenvalue weighted by Gasteiger charge is -2.43. The number of furan rings is 1. The SMILES string of the molecule is NNC(=O)c1ccoc1CN1CCC[C@H]2CCCC[C@H]21. The molecule has 0 spiro atoms. The maximum Gasteiger partial charge on any atom is 0.268 e. The van der Waals surface area contributed by atoms with Crippen molar-refractivity contribution in [2.45, 2.75) is 51.1 Å². The molecule has 2 heterocycles. The van der Waals surface area contributed by atoms with E-state index in [0.717, 1.165) is 24.8 Å². The van der Waals surface area contributed by atoms with Crippen molar-refractivity contribution < 1.29 is 9.21 Å². The van der Waals surface area contributed by atoms with Gasteiger partial charge in [-0.1, -0.05) is 12.8 Å². The van der Waals surface area contributed by atoms with Crippen LogP contribution in [0.25, 0.3) is 0 Å². The molecule has 0 unspecified atom stereocenters. The number of rotatable bonds is 3. The van der Waals surface area contributed by atoms with Gasteiger partial charge in [0.05, 0.1) is 18.4 Å². The van der Waals surface area contributed by atoms with Crippen molar-refractivity contribution in [3.63, 3.8) is 0 Å². The van der Waals surface area contributed by atoms with Gasteiger partial charge in [-0.25, -0.2) is 5.84 Å². The first kappa shape index (κ1) is 13.6. The number of likely N-dealkylation sites (tertiary alicyclic amines) is 1. The minimum atomic E-state index is -0.272. The monoisotopic (exact) mass is 277 g/mol. The molecule has 0 aromatic carbocycles. The Hall–Kier alpha value is -1.33. The van der Waals surface area contributed by atoms with Crippen LogP contribution in [0.3, 0.4) is 0 Å². The number of nitrogens with two attached hydrogens (primary N) is 1. The lowest BCUT2D eigenvalue weighted by molar-refractivity contribution is 0.0491. The van der Waals surface area contributed by atoms with Gasteiger partial charge in [0.25, 0.3) is 5.91 Å². The van der Waals surface area contributed by atoms with Crippen molar-refractivity contribution in [1.29, 1.82) is 0 Å². The number of nitrogens with one attached hydrogen (secondary N) is 1. The average molecular weight is 277 g/mol. The van der Waals surface area contributed by atoms with E-state index in [1.807, 2.05) is 0 Å². The summed E-state index contributed by atoms with van der Waals surface area (Å²) in [5.74, 6) is 6.51. The van der Waals surface area contributed by atoms with Crippen molar-refractivity contribution >= 4 is 5.91 Å². The standard InChI is InChI=1S/C15H23N3O2/c16-17-15(19)12-7-9-20-14(12)10-18-8-3-5-11-4-1-2-6-13(11)18/h7,9,11,13H,1-6,8,10,16H2,(H,17,19)/t11-,13-/m1/s1. The number of hydrogen-bond acceptors (Lipinski definition) is 4. The van der Waals surface area contributed by atoms with Gasteiger partial charge >= 0.3 is 0 Å². The molecule has 1 aliphatic heterocycles. The van der Waals surface area contributed by atoms with Gasteiger partial charge in [-0.2, -0.15) is 0 Å². The molecule has 110 valence electrons. The Kier molecular flexibility index (Phi) is 4.08. The number of hydrazine groups is 1. The van der Waals surface area contributed by atoms with E-state index in [9.17, 15) is 4.79 Å². The quantitative estimate of drug-likeness (QED) is 0.504. The molecule has 3 rings (SSSR count). The van der Waals surface area contributed by atoms with Gasteiger partial charge in [-0.3, -0.25) is 15.1 Å². The Labute approximate surface area is 119 Å². The Balaban J connectivity index is 1.73. The lowest BCUT2D eigenvalue weighted by atomic mass is 9.78. The molecule has 2 aliphatic rings. The highest BCUT2D eigenvalue weighted by atomic mass is 16.3. The molecule has 1 saturated heterocycles. The molecule has 20 heavy (non-hydrogen) atoms. The lowest BCUT2D eigenvalue weighted by Crippen LogP contribution is -2.46. The van der Waals surface area contributed by atoms with Crippen LogP contribution in [-0.2, 0) is 6.54 Å². The minimum absolute atomic E-state index is 0.272. The summed E-state index contributed by atoms with van der Waals surface area (Å²) in [7, 11) is 0. The van der Waals surface area contributed by atoms with Crippen LogP contribution in [0, 0.1) is 5.92 Å². The fraction of sp³-hybridized carbons (Fsp3) is 0.667. The van der Waals surface area contributed by atoms with Crippen LogP contribution in [-0.4, -0.2) is 23.4 Å². The van der Waals surface area contributed by atoms with E-state index < -0.39 is 0 Å². The highest BCUT2D eigenvalue weighted by molar-refractivity contribution is 5.94. The van der Waals surface area contributed by atoms with Gasteiger partial charge in [0.1, 0.15) is 5.76 Å². The molecule has 1 aromatic rings. The van der Waals surface area contributed by atoms with Crippen molar-refractivity contribution in [2.75, 3.05) is 6.54 Å². The van der Waals surface area contributed by atoms with Gasteiger partial charge in [-0.15, -0.1) is 0 Å². The summed E-state index contributed by atoms with van der Waals surface area (Å²) in [5, 5.41) is 0. The highest BCUT2D eigenvalue weighted by Gasteiger charge is 2.34. The van der Waals surface area contributed by atoms with Crippen molar-refractivity contribution in [3.05, 3.63) is 23.7 Å². The zero-order valence-corrected chi connectivity index (χ0v) is 11.8. The third kappa shape index (κ3) is 2.60. The van der Waals surface area contributed by atoms with E-state index in [2.05, 4.69) is 10.3 Å². The van der Waals surface area contributed by atoms with Gasteiger partial charge in [0, 0.05) is 6.04 Å². The van der Waals surface area contributed by atoms with Crippen LogP contribution in [0.15, 0.2) is 16.7 Å². The third-order valence-electron chi connectivity index (χ3n) is 4.83. The van der Waals surface area contributed by atoms with Crippen LogP contribution < -0.4 is 11.3 Å². The van der Waals surface area contributed by atoms with Crippen molar-refractivity contribution in [1.82, 2.24) is 10.3 Å². The molecule has 3 N–H and O–H groups in total. The van der Waals surface area contributed by atoms with E-state index in [-0.39, 0.29) is 5.91 Å². The second-order valence-electron chi connectivity index (χ2n) is 5.96. The van der Waals surface area contributed by atoms with Gasteiger partial charge in [-0.05, 0) is 44.2 Å². The van der Waals surface area contributed by atoms with Crippen LogP contribution in [0.1, 0.15) is 54.6 Å². The van der Waals surface area contributed by atoms with E-state index in [4.69, 9.17) is 10.3 Å².